The largest absolute Gasteiger partial charge is 0.317 e. The average Bonchev–Trinajstić information content (AvgIpc) is 3.17. The van der Waals surface area contributed by atoms with Gasteiger partial charge < -0.3 is 5.32 Å². The minimum Gasteiger partial charge on any atom is -0.317 e. The van der Waals surface area contributed by atoms with Crippen LogP contribution in [0.1, 0.15) is 48.3 Å². The lowest BCUT2D eigenvalue weighted by molar-refractivity contribution is 0.372. The third-order valence-electron chi connectivity index (χ3n) is 4.34. The minimum absolute atomic E-state index is 0. The van der Waals surface area contributed by atoms with Gasteiger partial charge in [0.05, 0.1) is 0 Å². The first kappa shape index (κ1) is 16.7. The molecule has 0 bridgehead atoms. The third kappa shape index (κ3) is 4.08. The van der Waals surface area contributed by atoms with Crippen LogP contribution in [0, 0.1) is 12.8 Å². The lowest BCUT2D eigenvalue weighted by Crippen LogP contribution is -2.28. The lowest BCUT2D eigenvalue weighted by atomic mass is 9.89. The van der Waals surface area contributed by atoms with Crippen LogP contribution in [0.25, 0.3) is 0 Å². The first-order valence-electron chi connectivity index (χ1n) is 6.98. The highest BCUT2D eigenvalue weighted by atomic mass is 35.5. The number of hydrogen-bond acceptors (Lipinski definition) is 2. The Morgan fingerprint density at radius 2 is 1.79 bits per heavy atom. The van der Waals surface area contributed by atoms with E-state index in [4.69, 9.17) is 0 Å². The maximum atomic E-state index is 4.46. The van der Waals surface area contributed by atoms with Crippen LogP contribution in [-0.2, 0) is 6.42 Å². The molecule has 2 heterocycles. The van der Waals surface area contributed by atoms with Crippen molar-refractivity contribution >= 4 is 24.8 Å². The minimum atomic E-state index is 0. The number of nitrogens with zero attached hydrogens (tertiary/aromatic N) is 1. The second kappa shape index (κ2) is 7.47. The van der Waals surface area contributed by atoms with Gasteiger partial charge in [-0.25, -0.2) is 0 Å². The van der Waals surface area contributed by atoms with Gasteiger partial charge in [0.25, 0.3) is 0 Å². The summed E-state index contributed by atoms with van der Waals surface area (Å²) in [6, 6.07) is 0. The molecule has 3 rings (SSSR count). The summed E-state index contributed by atoms with van der Waals surface area (Å²) < 4.78 is 0. The molecule has 1 aromatic rings. The van der Waals surface area contributed by atoms with Gasteiger partial charge in [0.2, 0.25) is 0 Å². The fourth-order valence-corrected chi connectivity index (χ4v) is 3.00. The van der Waals surface area contributed by atoms with E-state index in [1.165, 1.54) is 61.9 Å². The molecule has 2 nitrogen and oxygen atoms in total. The molecule has 1 aliphatic carbocycles. The van der Waals surface area contributed by atoms with Crippen molar-refractivity contribution in [1.29, 1.82) is 0 Å². The van der Waals surface area contributed by atoms with E-state index in [0.29, 0.717) is 0 Å². The Kier molecular flexibility index (Phi) is 6.58. The number of piperidine rings is 1. The number of nitrogens with one attached hydrogen (secondary N) is 1. The summed E-state index contributed by atoms with van der Waals surface area (Å²) in [5.74, 6) is 1.70. The summed E-state index contributed by atoms with van der Waals surface area (Å²) in [5, 5.41) is 3.44. The molecule has 1 saturated heterocycles. The van der Waals surface area contributed by atoms with Crippen LogP contribution in [-0.4, -0.2) is 18.1 Å². The Bertz CT molecular complexity index is 399. The molecule has 0 radical (unpaired) electrons. The van der Waals surface area contributed by atoms with Crippen molar-refractivity contribution in [3.63, 3.8) is 0 Å². The van der Waals surface area contributed by atoms with Gasteiger partial charge in [-0.2, -0.15) is 0 Å². The second-order valence-electron chi connectivity index (χ2n) is 5.68. The fourth-order valence-electron chi connectivity index (χ4n) is 3.00. The number of pyridine rings is 1. The summed E-state index contributed by atoms with van der Waals surface area (Å²) in [6.07, 6.45) is 10.8. The highest BCUT2D eigenvalue weighted by Crippen LogP contribution is 2.42. The second-order valence-corrected chi connectivity index (χ2v) is 5.68. The Labute approximate surface area is 128 Å². The molecule has 0 aromatic carbocycles. The van der Waals surface area contributed by atoms with Crippen LogP contribution in [0.3, 0.4) is 0 Å². The van der Waals surface area contributed by atoms with Crippen molar-refractivity contribution in [2.24, 2.45) is 5.92 Å². The molecule has 0 unspecified atom stereocenters. The van der Waals surface area contributed by atoms with E-state index in [1.54, 1.807) is 0 Å². The maximum Gasteiger partial charge on any atom is 0.0305 e. The highest BCUT2D eigenvalue weighted by Gasteiger charge is 2.26. The van der Waals surface area contributed by atoms with E-state index in [1.807, 2.05) is 0 Å². The van der Waals surface area contributed by atoms with Crippen molar-refractivity contribution < 1.29 is 0 Å². The molecule has 1 aliphatic heterocycles. The fraction of sp³-hybridized carbons (Fsp3) is 0.667. The van der Waals surface area contributed by atoms with Crippen molar-refractivity contribution in [3.8, 4) is 0 Å². The first-order valence-corrected chi connectivity index (χ1v) is 6.98. The predicted molar refractivity (Wildman–Crippen MR) is 84.7 cm³/mol. The van der Waals surface area contributed by atoms with E-state index in [-0.39, 0.29) is 24.8 Å². The number of aromatic nitrogens is 1. The van der Waals surface area contributed by atoms with Gasteiger partial charge in [0.1, 0.15) is 0 Å². The molecule has 2 fully saturated rings. The number of hydrogen-bond donors (Lipinski definition) is 1. The summed E-state index contributed by atoms with van der Waals surface area (Å²) in [6.45, 7) is 4.69. The topological polar surface area (TPSA) is 24.9 Å². The molecule has 1 saturated carbocycles. The normalized spacial score (nSPS) is 19.4. The third-order valence-corrected chi connectivity index (χ3v) is 4.34. The van der Waals surface area contributed by atoms with E-state index in [2.05, 4.69) is 29.6 Å². The molecule has 1 N–H and O–H groups in total. The monoisotopic (exact) mass is 302 g/mol. The summed E-state index contributed by atoms with van der Waals surface area (Å²) in [4.78, 5) is 4.46. The van der Waals surface area contributed by atoms with Crippen LogP contribution in [0.15, 0.2) is 12.4 Å². The summed E-state index contributed by atoms with van der Waals surface area (Å²) >= 11 is 0. The van der Waals surface area contributed by atoms with Crippen LogP contribution >= 0.6 is 24.8 Å². The van der Waals surface area contributed by atoms with Crippen LogP contribution in [0.5, 0.6) is 0 Å². The zero-order valence-corrected chi connectivity index (χ0v) is 13.2. The Morgan fingerprint density at radius 1 is 1.11 bits per heavy atom. The van der Waals surface area contributed by atoms with Crippen molar-refractivity contribution in [2.45, 2.75) is 44.9 Å². The Balaban J connectivity index is 0.000000902. The zero-order valence-electron chi connectivity index (χ0n) is 11.5. The molecule has 2 aliphatic rings. The number of rotatable bonds is 3. The van der Waals surface area contributed by atoms with Crippen molar-refractivity contribution in [1.82, 2.24) is 10.3 Å². The Hall–Kier alpha value is -0.310. The molecule has 19 heavy (non-hydrogen) atoms. The van der Waals surface area contributed by atoms with Crippen LogP contribution in [0.4, 0.5) is 0 Å². The molecule has 0 amide bonds. The van der Waals surface area contributed by atoms with Crippen molar-refractivity contribution in [2.75, 3.05) is 13.1 Å². The molecule has 0 spiro atoms. The Morgan fingerprint density at radius 3 is 2.42 bits per heavy atom. The summed E-state index contributed by atoms with van der Waals surface area (Å²) in [5.41, 5.74) is 4.55. The molecule has 0 atom stereocenters. The van der Waals surface area contributed by atoms with Gasteiger partial charge in [-0.15, -0.1) is 24.8 Å². The van der Waals surface area contributed by atoms with Gasteiger partial charge in [-0.1, -0.05) is 0 Å². The summed E-state index contributed by atoms with van der Waals surface area (Å²) in [7, 11) is 0. The molecule has 1 aromatic heterocycles. The first-order chi connectivity index (χ1) is 8.34. The lowest BCUT2D eigenvalue weighted by Gasteiger charge is -2.23. The smallest absolute Gasteiger partial charge is 0.0305 e. The van der Waals surface area contributed by atoms with E-state index >= 15 is 0 Å². The molecular formula is C15H24Cl2N2. The standard InChI is InChI=1S/C15H22N2.2ClH/c1-11-14(8-12-4-6-16-7-5-12)9-17-10-15(11)13-2-3-13;;/h9-10,12-13,16H,2-8H2,1H3;2*1H. The van der Waals surface area contributed by atoms with E-state index in [0.717, 1.165) is 11.8 Å². The van der Waals surface area contributed by atoms with E-state index in [9.17, 15) is 0 Å². The van der Waals surface area contributed by atoms with Gasteiger partial charge in [0, 0.05) is 12.4 Å². The molecule has 108 valence electrons. The van der Waals surface area contributed by atoms with Gasteiger partial charge in [0.15, 0.2) is 0 Å². The predicted octanol–water partition coefficient (Wildman–Crippen LogP) is 3.65. The van der Waals surface area contributed by atoms with Gasteiger partial charge in [-0.05, 0) is 80.6 Å². The maximum absolute atomic E-state index is 4.46. The van der Waals surface area contributed by atoms with Gasteiger partial charge >= 0.3 is 0 Å². The number of halogens is 2. The quantitative estimate of drug-likeness (QED) is 0.922. The van der Waals surface area contributed by atoms with Gasteiger partial charge in [-0.3, -0.25) is 4.98 Å². The van der Waals surface area contributed by atoms with Crippen LogP contribution < -0.4 is 5.32 Å². The van der Waals surface area contributed by atoms with Crippen molar-refractivity contribution in [3.05, 3.63) is 29.1 Å². The van der Waals surface area contributed by atoms with E-state index < -0.39 is 0 Å². The highest BCUT2D eigenvalue weighted by molar-refractivity contribution is 5.85. The average molecular weight is 303 g/mol. The molecule has 4 heteroatoms. The SMILES string of the molecule is Cc1c(CC2CCNCC2)cncc1C1CC1.Cl.Cl. The molecular weight excluding hydrogens is 279 g/mol. The zero-order chi connectivity index (χ0) is 11.7. The van der Waals surface area contributed by atoms with Crippen LogP contribution in [0.2, 0.25) is 0 Å².